The highest BCUT2D eigenvalue weighted by molar-refractivity contribution is 8.01. The first-order chi connectivity index (χ1) is 13.6. The lowest BCUT2D eigenvalue weighted by Crippen LogP contribution is -2.53. The van der Waals surface area contributed by atoms with Gasteiger partial charge in [-0.1, -0.05) is 33.6 Å². The molecule has 0 heterocycles. The quantitative estimate of drug-likeness (QED) is 0.573. The first kappa shape index (κ1) is 21.8. The van der Waals surface area contributed by atoms with Gasteiger partial charge in [0, 0.05) is 6.42 Å². The molecule has 0 aliphatic heterocycles. The van der Waals surface area contributed by atoms with Crippen LogP contribution in [-0.2, 0) is 14.9 Å². The van der Waals surface area contributed by atoms with Gasteiger partial charge < -0.3 is 0 Å². The van der Waals surface area contributed by atoms with Gasteiger partial charge in [-0.25, -0.2) is 0 Å². The zero-order chi connectivity index (χ0) is 21.0. The molecule has 4 fully saturated rings. The van der Waals surface area contributed by atoms with Crippen LogP contribution in [0.15, 0.2) is 0 Å². The lowest BCUT2D eigenvalue weighted by atomic mass is 9.44. The molecule has 1 N–H and O–H groups in total. The summed E-state index contributed by atoms with van der Waals surface area (Å²) in [7, 11) is -4.53. The van der Waals surface area contributed by atoms with Crippen molar-refractivity contribution >= 4 is 15.2 Å². The van der Waals surface area contributed by atoms with E-state index in [1.165, 1.54) is 64.2 Å². The fourth-order valence-electron chi connectivity index (χ4n) is 8.95. The monoisotopic (exact) mass is 424 g/mol. The van der Waals surface area contributed by atoms with Crippen molar-refractivity contribution in [3.63, 3.8) is 0 Å². The third-order valence-corrected chi connectivity index (χ3v) is 11.2. The molecule has 5 heteroatoms. The van der Waals surface area contributed by atoms with Crippen LogP contribution < -0.4 is 0 Å². The first-order valence-corrected chi connectivity index (χ1v) is 13.5. The summed E-state index contributed by atoms with van der Waals surface area (Å²) in [6, 6.07) is 0. The molecule has 0 radical (unpaired) electrons. The number of hydrogen-bond acceptors (Lipinski definition) is 3. The largest absolute Gasteiger partial charge is 0.328 e. The fourth-order valence-corrected chi connectivity index (χ4v) is 9.32. The van der Waals surface area contributed by atoms with Crippen molar-refractivity contribution in [2.24, 2.45) is 46.3 Å². The summed E-state index contributed by atoms with van der Waals surface area (Å²) in [4.78, 5) is 11.7. The van der Waals surface area contributed by atoms with E-state index in [9.17, 15) is 13.2 Å². The average Bonchev–Trinajstić information content (AvgIpc) is 3.01. The second-order valence-corrected chi connectivity index (χ2v) is 12.9. The number of rotatable bonds is 4. The van der Waals surface area contributed by atoms with E-state index in [2.05, 4.69) is 20.8 Å². The lowest BCUT2D eigenvalue weighted by Gasteiger charge is -2.61. The van der Waals surface area contributed by atoms with E-state index in [0.29, 0.717) is 29.1 Å². The number of carbonyl (C=O) groups is 1. The fraction of sp³-hybridized carbons (Fsp3) is 0.958. The Kier molecular flexibility index (Phi) is 5.72. The summed E-state index contributed by atoms with van der Waals surface area (Å²) in [5.41, 5.74) is 0.897. The first-order valence-electron chi connectivity index (χ1n) is 12.1. The van der Waals surface area contributed by atoms with Crippen molar-refractivity contribution in [1.29, 1.82) is 0 Å². The molecule has 0 saturated heterocycles. The highest BCUT2D eigenvalue weighted by atomic mass is 32.2. The molecule has 29 heavy (non-hydrogen) atoms. The second-order valence-electron chi connectivity index (χ2n) is 11.5. The molecule has 0 aromatic carbocycles. The van der Waals surface area contributed by atoms with Crippen LogP contribution in [0.5, 0.6) is 0 Å². The summed E-state index contributed by atoms with van der Waals surface area (Å²) < 4.78 is 31.1. The smallest absolute Gasteiger partial charge is 0.280 e. The van der Waals surface area contributed by atoms with Gasteiger partial charge in [0.2, 0.25) is 0 Å². The highest BCUT2D eigenvalue weighted by Gasteiger charge is 2.60. The Morgan fingerprint density at radius 3 is 2.41 bits per heavy atom. The minimum Gasteiger partial charge on any atom is -0.280 e. The van der Waals surface area contributed by atoms with E-state index in [0.717, 1.165) is 23.7 Å². The molecule has 166 valence electrons. The van der Waals surface area contributed by atoms with Crippen LogP contribution >= 0.6 is 0 Å². The van der Waals surface area contributed by atoms with E-state index in [1.807, 2.05) is 0 Å². The molecule has 0 aromatic heterocycles. The molecule has 0 bridgehead atoms. The minimum atomic E-state index is -4.53. The van der Waals surface area contributed by atoms with Gasteiger partial charge in [-0.05, 0) is 104 Å². The third-order valence-electron chi connectivity index (χ3n) is 10.4. The Morgan fingerprint density at radius 1 is 0.966 bits per heavy atom. The zero-order valence-corrected chi connectivity index (χ0v) is 19.3. The van der Waals surface area contributed by atoms with Gasteiger partial charge in [-0.2, -0.15) is 8.42 Å². The molecule has 4 aliphatic carbocycles. The van der Waals surface area contributed by atoms with E-state index < -0.39 is 15.2 Å². The predicted octanol–water partition coefficient (Wildman–Crippen LogP) is 5.87. The Morgan fingerprint density at radius 2 is 1.69 bits per heavy atom. The number of carbonyl (C=O) groups excluding carboxylic acids is 1. The second kappa shape index (κ2) is 7.62. The van der Waals surface area contributed by atoms with Crippen LogP contribution in [0.2, 0.25) is 0 Å². The molecular formula is C24H40O4S. The van der Waals surface area contributed by atoms with Crippen LogP contribution in [-0.4, -0.2) is 18.1 Å². The molecule has 1 unspecified atom stereocenters. The maximum Gasteiger partial charge on any atom is 0.328 e. The minimum absolute atomic E-state index is 0.0525. The molecule has 0 amide bonds. The Labute approximate surface area is 177 Å². The van der Waals surface area contributed by atoms with Crippen molar-refractivity contribution in [1.82, 2.24) is 0 Å². The van der Waals surface area contributed by atoms with Crippen LogP contribution in [0.3, 0.4) is 0 Å². The molecule has 8 atom stereocenters. The number of hydrogen-bond donors (Lipinski definition) is 1. The Balaban J connectivity index is 1.47. The van der Waals surface area contributed by atoms with Gasteiger partial charge in [0.05, 0.1) is 0 Å². The van der Waals surface area contributed by atoms with E-state index in [4.69, 9.17) is 4.55 Å². The van der Waals surface area contributed by atoms with Gasteiger partial charge in [0.25, 0.3) is 5.12 Å². The SMILES string of the molecule is C[C@H](CCC(=O)S(=O)(=O)O)[C@H]1CC[C@H]2[C@@H]3CCC4CCCC[C@]4(C)[C@H]3CC[C@]12C. The van der Waals surface area contributed by atoms with Gasteiger partial charge in [-0.15, -0.1) is 0 Å². The molecular weight excluding hydrogens is 384 g/mol. The Hall–Kier alpha value is -0.420. The van der Waals surface area contributed by atoms with Crippen molar-refractivity contribution in [3.8, 4) is 0 Å². The highest BCUT2D eigenvalue weighted by Crippen LogP contribution is 2.68. The predicted molar refractivity (Wildman–Crippen MR) is 115 cm³/mol. The van der Waals surface area contributed by atoms with Crippen LogP contribution in [0.25, 0.3) is 0 Å². The van der Waals surface area contributed by atoms with Crippen molar-refractivity contribution in [3.05, 3.63) is 0 Å². The third kappa shape index (κ3) is 3.62. The van der Waals surface area contributed by atoms with Crippen LogP contribution in [0.4, 0.5) is 0 Å². The molecule has 4 nitrogen and oxygen atoms in total. The summed E-state index contributed by atoms with van der Waals surface area (Å²) in [5.74, 6) is 4.41. The molecule has 0 aromatic rings. The topological polar surface area (TPSA) is 71.4 Å². The maximum absolute atomic E-state index is 11.7. The molecule has 0 spiro atoms. The molecule has 4 rings (SSSR count). The lowest BCUT2D eigenvalue weighted by molar-refractivity contribution is -0.116. The van der Waals surface area contributed by atoms with Gasteiger partial charge >= 0.3 is 10.1 Å². The van der Waals surface area contributed by atoms with Crippen LogP contribution in [0, 0.1) is 46.3 Å². The Bertz CT molecular complexity index is 746. The summed E-state index contributed by atoms with van der Waals surface area (Å²) in [6.45, 7) is 7.31. The molecule has 4 aliphatic rings. The van der Waals surface area contributed by atoms with E-state index >= 15 is 0 Å². The normalized spacial score (nSPS) is 45.7. The van der Waals surface area contributed by atoms with Crippen LogP contribution in [0.1, 0.15) is 97.8 Å². The summed E-state index contributed by atoms with van der Waals surface area (Å²) in [6.07, 6.45) is 14.2. The maximum atomic E-state index is 11.7. The average molecular weight is 425 g/mol. The number of fused-ring (bicyclic) bond motifs is 5. The van der Waals surface area contributed by atoms with E-state index in [-0.39, 0.29) is 6.42 Å². The summed E-state index contributed by atoms with van der Waals surface area (Å²) in [5, 5.41) is -1.02. The van der Waals surface area contributed by atoms with Gasteiger partial charge in [0.1, 0.15) is 0 Å². The zero-order valence-electron chi connectivity index (χ0n) is 18.5. The summed E-state index contributed by atoms with van der Waals surface area (Å²) >= 11 is 0. The van der Waals surface area contributed by atoms with Gasteiger partial charge in [-0.3, -0.25) is 9.35 Å². The van der Waals surface area contributed by atoms with Crippen molar-refractivity contribution in [2.45, 2.75) is 97.8 Å². The van der Waals surface area contributed by atoms with Gasteiger partial charge in [0.15, 0.2) is 0 Å². The molecule has 4 saturated carbocycles. The van der Waals surface area contributed by atoms with Crippen molar-refractivity contribution < 1.29 is 17.8 Å². The van der Waals surface area contributed by atoms with E-state index in [1.54, 1.807) is 0 Å². The standard InChI is InChI=1S/C24H40O4S/c1-16(7-12-22(25)29(26,27)28)19-10-11-20-18-9-8-17-6-4-5-14-23(17,2)21(18)13-15-24(19,20)3/h16-21H,4-15H2,1-3H3,(H,26,27,28)/t16-,17?,18+,19-,20+,21+,23+,24-/m1/s1. The van der Waals surface area contributed by atoms with Crippen molar-refractivity contribution in [2.75, 3.05) is 0 Å².